The van der Waals surface area contributed by atoms with Gasteiger partial charge in [0.2, 0.25) is 0 Å². The molecule has 0 atom stereocenters. The van der Waals surface area contributed by atoms with Gasteiger partial charge >= 0.3 is 0 Å². The van der Waals surface area contributed by atoms with Crippen LogP contribution in [0.3, 0.4) is 0 Å². The van der Waals surface area contributed by atoms with Crippen LogP contribution in [-0.2, 0) is 16.6 Å². The Labute approximate surface area is 140 Å². The first-order valence-electron chi connectivity index (χ1n) is 6.35. The van der Waals surface area contributed by atoms with Crippen molar-refractivity contribution in [3.63, 3.8) is 0 Å². The molecule has 112 valence electrons. The largest absolute Gasteiger partial charge is 0.260 e. The first-order valence-corrected chi connectivity index (χ1v) is 9.78. The maximum Gasteiger partial charge on any atom is 0.253 e. The maximum absolute atomic E-state index is 12.8. The van der Waals surface area contributed by atoms with Crippen LogP contribution in [0.15, 0.2) is 38.5 Å². The van der Waals surface area contributed by atoms with Gasteiger partial charge in [-0.05, 0) is 47.0 Å². The molecule has 1 saturated carbocycles. The molecular weight excluding hydrogens is 396 g/mol. The van der Waals surface area contributed by atoms with Crippen LogP contribution in [0.1, 0.15) is 18.5 Å². The Bertz CT molecular complexity index is 725. The van der Waals surface area contributed by atoms with Crippen molar-refractivity contribution in [2.75, 3.05) is 0 Å². The summed E-state index contributed by atoms with van der Waals surface area (Å²) in [5.41, 5.74) is 0.745. The zero-order chi connectivity index (χ0) is 15.0. The fourth-order valence-corrected chi connectivity index (χ4v) is 6.18. The number of nitrogens with zero attached hydrogens (tertiary/aromatic N) is 2. The number of hydrogen-bond acceptors (Lipinski definition) is 4. The predicted molar refractivity (Wildman–Crippen MR) is 87.0 cm³/mol. The summed E-state index contributed by atoms with van der Waals surface area (Å²) in [6, 6.07) is 7.08. The molecule has 2 aromatic heterocycles. The van der Waals surface area contributed by atoms with Crippen molar-refractivity contribution in [1.82, 2.24) is 9.29 Å². The molecule has 0 amide bonds. The van der Waals surface area contributed by atoms with Crippen molar-refractivity contribution in [3.8, 4) is 0 Å². The van der Waals surface area contributed by atoms with Crippen LogP contribution < -0.4 is 0 Å². The fourth-order valence-electron chi connectivity index (χ4n) is 1.99. The highest BCUT2D eigenvalue weighted by atomic mass is 79.9. The fraction of sp³-hybridized carbons (Fsp3) is 0.308. The average molecular weight is 408 g/mol. The van der Waals surface area contributed by atoms with Crippen molar-refractivity contribution in [3.05, 3.63) is 45.0 Å². The normalized spacial score (nSPS) is 15.6. The smallest absolute Gasteiger partial charge is 0.253 e. The van der Waals surface area contributed by atoms with Crippen molar-refractivity contribution < 1.29 is 8.42 Å². The lowest BCUT2D eigenvalue weighted by molar-refractivity contribution is 0.395. The third-order valence-electron chi connectivity index (χ3n) is 3.18. The summed E-state index contributed by atoms with van der Waals surface area (Å²) < 4.78 is 28.1. The highest BCUT2D eigenvalue weighted by molar-refractivity contribution is 9.11. The van der Waals surface area contributed by atoms with E-state index in [-0.39, 0.29) is 10.3 Å². The number of rotatable bonds is 5. The van der Waals surface area contributed by atoms with E-state index in [0.717, 1.165) is 29.9 Å². The Morgan fingerprint density at radius 2 is 2.19 bits per heavy atom. The van der Waals surface area contributed by atoms with Crippen LogP contribution in [0.2, 0.25) is 5.02 Å². The highest BCUT2D eigenvalue weighted by Crippen LogP contribution is 2.39. The molecule has 21 heavy (non-hydrogen) atoms. The van der Waals surface area contributed by atoms with Gasteiger partial charge in [0, 0.05) is 12.2 Å². The van der Waals surface area contributed by atoms with Gasteiger partial charge in [0.25, 0.3) is 10.0 Å². The zero-order valence-electron chi connectivity index (χ0n) is 10.9. The molecule has 8 heteroatoms. The lowest BCUT2D eigenvalue weighted by Gasteiger charge is -2.20. The van der Waals surface area contributed by atoms with Crippen LogP contribution in [-0.4, -0.2) is 23.7 Å². The van der Waals surface area contributed by atoms with Crippen molar-refractivity contribution in [2.45, 2.75) is 29.6 Å². The predicted octanol–water partition coefficient (Wildman–Crippen LogP) is 3.91. The number of hydrogen-bond donors (Lipinski definition) is 0. The Hall–Kier alpha value is -0.470. The van der Waals surface area contributed by atoms with E-state index in [1.165, 1.54) is 10.4 Å². The summed E-state index contributed by atoms with van der Waals surface area (Å²) in [7, 11) is -3.54. The molecule has 1 aliphatic rings. The summed E-state index contributed by atoms with van der Waals surface area (Å²) >= 11 is 10.4. The topological polar surface area (TPSA) is 50.3 Å². The second-order valence-corrected chi connectivity index (χ2v) is 9.68. The van der Waals surface area contributed by atoms with E-state index >= 15 is 0 Å². The molecule has 0 radical (unpaired) electrons. The second-order valence-electron chi connectivity index (χ2n) is 4.79. The average Bonchev–Trinajstić information content (AvgIpc) is 3.23. The monoisotopic (exact) mass is 406 g/mol. The van der Waals surface area contributed by atoms with Gasteiger partial charge in [-0.25, -0.2) is 8.42 Å². The molecule has 0 unspecified atom stereocenters. The Morgan fingerprint density at radius 3 is 2.71 bits per heavy atom. The molecule has 2 aromatic rings. The summed E-state index contributed by atoms with van der Waals surface area (Å²) in [6.45, 7) is 0.293. The van der Waals surface area contributed by atoms with Crippen LogP contribution in [0.5, 0.6) is 0 Å². The van der Waals surface area contributed by atoms with E-state index in [2.05, 4.69) is 20.9 Å². The Balaban J connectivity index is 1.93. The summed E-state index contributed by atoms with van der Waals surface area (Å²) in [5, 5.41) is 0.423. The lowest BCUT2D eigenvalue weighted by atomic mass is 10.3. The molecule has 3 rings (SSSR count). The molecule has 0 N–H and O–H groups in total. The van der Waals surface area contributed by atoms with Crippen LogP contribution in [0.4, 0.5) is 0 Å². The van der Waals surface area contributed by atoms with E-state index in [4.69, 9.17) is 11.6 Å². The number of aromatic nitrogens is 1. The molecule has 4 nitrogen and oxygen atoms in total. The summed E-state index contributed by atoms with van der Waals surface area (Å²) in [6.07, 6.45) is 3.46. The van der Waals surface area contributed by atoms with Gasteiger partial charge in [0.15, 0.2) is 0 Å². The number of pyridine rings is 1. The number of halogens is 2. The van der Waals surface area contributed by atoms with Gasteiger partial charge in [-0.15, -0.1) is 11.3 Å². The molecule has 1 fully saturated rings. The first kappa shape index (κ1) is 15.4. The van der Waals surface area contributed by atoms with Gasteiger partial charge in [-0.3, -0.25) is 4.98 Å². The molecule has 0 aliphatic heterocycles. The van der Waals surface area contributed by atoms with Gasteiger partial charge in [0.05, 0.1) is 21.0 Å². The highest BCUT2D eigenvalue weighted by Gasteiger charge is 2.39. The van der Waals surface area contributed by atoms with Crippen LogP contribution in [0.25, 0.3) is 0 Å². The third kappa shape index (κ3) is 3.32. The summed E-state index contributed by atoms with van der Waals surface area (Å²) in [4.78, 5) is 4.22. The van der Waals surface area contributed by atoms with E-state index < -0.39 is 10.0 Å². The summed E-state index contributed by atoms with van der Waals surface area (Å²) in [5.74, 6) is 0. The Kier molecular flexibility index (Phi) is 4.38. The molecule has 0 saturated heterocycles. The Morgan fingerprint density at radius 1 is 1.43 bits per heavy atom. The van der Waals surface area contributed by atoms with E-state index in [9.17, 15) is 8.42 Å². The quantitative estimate of drug-likeness (QED) is 0.755. The standard InChI is InChI=1S/C13H12BrClN2O2S2/c14-13-11(15)7-12(20-13)21(18,19)17(10-4-5-10)8-9-3-1-2-6-16-9/h1-3,6-7,10H,4-5,8H2. The molecule has 0 spiro atoms. The SMILES string of the molecule is O=S(=O)(c1cc(Cl)c(Br)s1)N(Cc1ccccn1)C1CC1. The zero-order valence-corrected chi connectivity index (χ0v) is 14.8. The van der Waals surface area contributed by atoms with Crippen molar-refractivity contribution in [1.29, 1.82) is 0 Å². The van der Waals surface area contributed by atoms with Crippen LogP contribution in [0, 0.1) is 0 Å². The minimum Gasteiger partial charge on any atom is -0.260 e. The van der Waals surface area contributed by atoms with Gasteiger partial charge in [-0.2, -0.15) is 4.31 Å². The van der Waals surface area contributed by atoms with Gasteiger partial charge in [-0.1, -0.05) is 17.7 Å². The van der Waals surface area contributed by atoms with E-state index in [0.29, 0.717) is 15.4 Å². The third-order valence-corrected chi connectivity index (χ3v) is 8.01. The van der Waals surface area contributed by atoms with E-state index in [1.54, 1.807) is 6.20 Å². The molecule has 0 aromatic carbocycles. The first-order chi connectivity index (χ1) is 9.98. The molecule has 0 bridgehead atoms. The number of sulfonamides is 1. The minimum absolute atomic E-state index is 0.0663. The minimum atomic E-state index is -3.54. The molecule has 1 aliphatic carbocycles. The van der Waals surface area contributed by atoms with E-state index in [1.807, 2.05) is 18.2 Å². The lowest BCUT2D eigenvalue weighted by Crippen LogP contribution is -2.32. The molecule has 2 heterocycles. The second kappa shape index (κ2) is 5.96. The number of thiophene rings is 1. The van der Waals surface area contributed by atoms with Gasteiger partial charge < -0.3 is 0 Å². The maximum atomic E-state index is 12.8. The molecular formula is C13H12BrClN2O2S2. The van der Waals surface area contributed by atoms with Crippen molar-refractivity contribution in [2.24, 2.45) is 0 Å². The van der Waals surface area contributed by atoms with Crippen molar-refractivity contribution >= 4 is 48.9 Å². The van der Waals surface area contributed by atoms with Gasteiger partial charge in [0.1, 0.15) is 4.21 Å². The van der Waals surface area contributed by atoms with Crippen LogP contribution >= 0.6 is 38.9 Å².